The second-order valence-corrected chi connectivity index (χ2v) is 7.43. The van der Waals surface area contributed by atoms with Gasteiger partial charge in [0.2, 0.25) is 8.00 Å². The fourth-order valence-corrected chi connectivity index (χ4v) is 3.74. The van der Waals surface area contributed by atoms with Crippen LogP contribution in [0.15, 0.2) is 60.7 Å². The second kappa shape index (κ2) is 7.56. The molecule has 0 spiro atoms. The van der Waals surface area contributed by atoms with E-state index in [0.717, 1.165) is 11.1 Å². The molecule has 126 valence electrons. The van der Waals surface area contributed by atoms with Gasteiger partial charge in [-0.2, -0.15) is 4.89 Å². The predicted octanol–water partition coefficient (Wildman–Crippen LogP) is 1.97. The van der Waals surface area contributed by atoms with E-state index in [2.05, 4.69) is 24.4 Å². The van der Waals surface area contributed by atoms with Gasteiger partial charge in [0.25, 0.3) is 0 Å². The van der Waals surface area contributed by atoms with Gasteiger partial charge in [-0.15, -0.1) is 0 Å². The molecule has 4 nitrogen and oxygen atoms in total. The van der Waals surface area contributed by atoms with Crippen LogP contribution in [0.4, 0.5) is 0 Å². The highest BCUT2D eigenvalue weighted by molar-refractivity contribution is 7.46. The zero-order valence-electron chi connectivity index (χ0n) is 13.7. The van der Waals surface area contributed by atoms with Gasteiger partial charge in [0.15, 0.2) is 5.29 Å². The summed E-state index contributed by atoms with van der Waals surface area (Å²) in [5.41, 5.74) is 1.89. The highest BCUT2D eigenvalue weighted by Crippen LogP contribution is 2.27. The Labute approximate surface area is 143 Å². The second-order valence-electron chi connectivity index (χ2n) is 6.31. The average Bonchev–Trinajstić information content (AvgIpc) is 2.62. The van der Waals surface area contributed by atoms with Crippen molar-refractivity contribution in [1.82, 2.24) is 5.32 Å². The molecule has 0 aliphatic carbocycles. The van der Waals surface area contributed by atoms with Gasteiger partial charge in [0.05, 0.1) is 12.1 Å². The Balaban J connectivity index is 1.71. The van der Waals surface area contributed by atoms with Crippen LogP contribution in [-0.2, 0) is 16.7 Å². The van der Waals surface area contributed by atoms with Crippen molar-refractivity contribution in [3.8, 4) is 0 Å². The molecular formula is C19H22NO3P. The highest BCUT2D eigenvalue weighted by Gasteiger charge is 2.36. The Morgan fingerprint density at radius 3 is 2.38 bits per heavy atom. The molecule has 2 aromatic carbocycles. The quantitative estimate of drug-likeness (QED) is 0.833. The molecule has 5 heteroatoms. The summed E-state index contributed by atoms with van der Waals surface area (Å²) in [6.45, 7) is 3.08. The number of ether oxygens (including phenoxy) is 1. The molecule has 0 bridgehead atoms. The van der Waals surface area contributed by atoms with Crippen molar-refractivity contribution in [1.29, 1.82) is 0 Å². The SMILES string of the molecule is C[C@@]1(c2ccccc2)CO[C@H](C(Cc2ccccc2)=[P+]([O-])O)CN1. The number of hydrogen-bond donors (Lipinski definition) is 2. The Bertz CT molecular complexity index is 691. The molecule has 24 heavy (non-hydrogen) atoms. The average molecular weight is 343 g/mol. The zero-order valence-corrected chi connectivity index (χ0v) is 14.6. The molecule has 0 radical (unpaired) electrons. The molecule has 1 aliphatic heterocycles. The lowest BCUT2D eigenvalue weighted by Gasteiger charge is -2.38. The first-order valence-corrected chi connectivity index (χ1v) is 9.28. The summed E-state index contributed by atoms with van der Waals surface area (Å²) in [5, 5.41) is 4.04. The summed E-state index contributed by atoms with van der Waals surface area (Å²) in [4.78, 5) is 21.6. The summed E-state index contributed by atoms with van der Waals surface area (Å²) in [6.07, 6.45) is 0.108. The third-order valence-electron chi connectivity index (χ3n) is 4.51. The van der Waals surface area contributed by atoms with Crippen LogP contribution in [0, 0.1) is 0 Å². The predicted molar refractivity (Wildman–Crippen MR) is 95.8 cm³/mol. The van der Waals surface area contributed by atoms with Crippen LogP contribution >= 0.6 is 8.00 Å². The summed E-state index contributed by atoms with van der Waals surface area (Å²) >= 11 is 0. The van der Waals surface area contributed by atoms with Gasteiger partial charge in [0.1, 0.15) is 6.10 Å². The normalized spacial score (nSPS) is 25.2. The van der Waals surface area contributed by atoms with Crippen LogP contribution in [-0.4, -0.2) is 29.4 Å². The molecule has 2 aromatic rings. The molecule has 3 rings (SSSR count). The van der Waals surface area contributed by atoms with Gasteiger partial charge in [0, 0.05) is 13.0 Å². The van der Waals surface area contributed by atoms with Gasteiger partial charge < -0.3 is 14.9 Å². The molecule has 1 heterocycles. The van der Waals surface area contributed by atoms with Crippen molar-refractivity contribution in [2.75, 3.05) is 13.2 Å². The highest BCUT2D eigenvalue weighted by atomic mass is 31.1. The van der Waals surface area contributed by atoms with E-state index in [-0.39, 0.29) is 11.6 Å². The van der Waals surface area contributed by atoms with E-state index < -0.39 is 8.00 Å². The van der Waals surface area contributed by atoms with Gasteiger partial charge in [-0.05, 0) is 18.1 Å². The molecule has 0 saturated carbocycles. The minimum Gasteiger partial charge on any atom is -0.603 e. The van der Waals surface area contributed by atoms with E-state index in [1.54, 1.807) is 0 Å². The molecule has 1 saturated heterocycles. The lowest BCUT2D eigenvalue weighted by atomic mass is 9.91. The van der Waals surface area contributed by atoms with Crippen LogP contribution in [0.25, 0.3) is 0 Å². The largest absolute Gasteiger partial charge is 0.603 e. The number of benzene rings is 2. The molecule has 0 amide bonds. The van der Waals surface area contributed by atoms with E-state index in [9.17, 15) is 9.79 Å². The van der Waals surface area contributed by atoms with Gasteiger partial charge in [-0.3, -0.25) is 0 Å². The topological polar surface area (TPSA) is 64.5 Å². The van der Waals surface area contributed by atoms with E-state index in [4.69, 9.17) is 4.74 Å². The Kier molecular flexibility index (Phi) is 5.44. The van der Waals surface area contributed by atoms with Gasteiger partial charge in [-0.1, -0.05) is 60.7 Å². The summed E-state index contributed by atoms with van der Waals surface area (Å²) in [6, 6.07) is 19.9. The summed E-state index contributed by atoms with van der Waals surface area (Å²) in [7, 11) is -2.39. The molecule has 1 unspecified atom stereocenters. The zero-order chi connectivity index (χ0) is 17.0. The first kappa shape index (κ1) is 17.3. The van der Waals surface area contributed by atoms with E-state index in [1.165, 1.54) is 0 Å². The van der Waals surface area contributed by atoms with Crippen molar-refractivity contribution < 1.29 is 14.5 Å². The molecular weight excluding hydrogens is 321 g/mol. The maximum atomic E-state index is 11.8. The maximum Gasteiger partial charge on any atom is 0.219 e. The lowest BCUT2D eigenvalue weighted by molar-refractivity contribution is -0.168. The first-order valence-electron chi connectivity index (χ1n) is 8.06. The Morgan fingerprint density at radius 1 is 1.21 bits per heavy atom. The minimum atomic E-state index is -2.39. The fourth-order valence-electron chi connectivity index (χ4n) is 3.01. The smallest absolute Gasteiger partial charge is 0.219 e. The van der Waals surface area contributed by atoms with Crippen molar-refractivity contribution in [2.45, 2.75) is 25.0 Å². The van der Waals surface area contributed by atoms with E-state index in [1.807, 2.05) is 48.5 Å². The summed E-state index contributed by atoms with van der Waals surface area (Å²) < 4.78 is 6.00. The van der Waals surface area contributed by atoms with Crippen molar-refractivity contribution in [3.05, 3.63) is 71.8 Å². The standard InChI is InChI=1S/C19H22NO3P/c1-19(16-10-6-3-7-11-16)14-23-17(13-20-19)18(24(21)22)12-15-8-4-2-5-9-15/h2-11,17,20H,12-14H2,1H3,(H,21,22)/t17-,19-/m0/s1. The Hall–Kier alpha value is -1.55. The maximum absolute atomic E-state index is 11.8. The van der Waals surface area contributed by atoms with Crippen LogP contribution in [0.3, 0.4) is 0 Å². The number of rotatable bonds is 4. The number of nitrogens with one attached hydrogen (secondary N) is 1. The first-order chi connectivity index (χ1) is 11.6. The number of morpholine rings is 1. The van der Waals surface area contributed by atoms with Crippen molar-refractivity contribution in [2.24, 2.45) is 0 Å². The van der Waals surface area contributed by atoms with Crippen LogP contribution in [0.5, 0.6) is 0 Å². The van der Waals surface area contributed by atoms with Crippen LogP contribution < -0.4 is 10.2 Å². The van der Waals surface area contributed by atoms with E-state index >= 15 is 0 Å². The molecule has 1 fully saturated rings. The van der Waals surface area contributed by atoms with Crippen LogP contribution in [0.1, 0.15) is 18.1 Å². The minimum absolute atomic E-state index is 0.281. The lowest BCUT2D eigenvalue weighted by Crippen LogP contribution is -2.55. The van der Waals surface area contributed by atoms with Gasteiger partial charge >= 0.3 is 0 Å². The van der Waals surface area contributed by atoms with Crippen molar-refractivity contribution in [3.63, 3.8) is 0 Å². The summed E-state index contributed by atoms with van der Waals surface area (Å²) in [5.74, 6) is 0. The third kappa shape index (κ3) is 3.92. The molecule has 2 N–H and O–H groups in total. The van der Waals surface area contributed by atoms with E-state index in [0.29, 0.717) is 24.9 Å². The fraction of sp³-hybridized carbons (Fsp3) is 0.316. The van der Waals surface area contributed by atoms with Crippen molar-refractivity contribution >= 4 is 13.3 Å². The Morgan fingerprint density at radius 2 is 1.83 bits per heavy atom. The number of hydrogen-bond acceptors (Lipinski definition) is 4. The molecule has 3 atom stereocenters. The monoisotopic (exact) mass is 343 g/mol. The molecule has 1 aliphatic rings. The third-order valence-corrected chi connectivity index (χ3v) is 5.44. The van der Waals surface area contributed by atoms with Crippen LogP contribution in [0.2, 0.25) is 0 Å². The van der Waals surface area contributed by atoms with Gasteiger partial charge in [-0.25, -0.2) is 0 Å². The molecule has 0 aromatic heterocycles.